The number of anilines is 1. The maximum absolute atomic E-state index is 13.9. The molecule has 1 N–H and O–H groups in total. The van der Waals surface area contributed by atoms with E-state index in [2.05, 4.69) is 11.4 Å². The fourth-order valence-corrected chi connectivity index (χ4v) is 7.32. The molecule has 2 aromatic carbocycles. The smallest absolute Gasteiger partial charge is 0.267 e. The Bertz CT molecular complexity index is 1470. The van der Waals surface area contributed by atoms with Crippen molar-refractivity contribution in [1.29, 1.82) is 0 Å². The van der Waals surface area contributed by atoms with E-state index in [1.165, 1.54) is 22.2 Å². The third kappa shape index (κ3) is 4.92. The highest BCUT2D eigenvalue weighted by atomic mass is 32.2. The van der Waals surface area contributed by atoms with Crippen molar-refractivity contribution in [3.63, 3.8) is 0 Å². The Morgan fingerprint density at radius 3 is 2.63 bits per heavy atom. The number of nitrogens with one attached hydrogen (secondary N) is 1. The Balaban J connectivity index is 1.54. The number of carbonyl (C=O) groups excluding carboxylic acids is 1. The Morgan fingerprint density at radius 2 is 1.86 bits per heavy atom. The fraction of sp³-hybridized carbons (Fsp3) is 0.296. The van der Waals surface area contributed by atoms with Crippen LogP contribution in [0.2, 0.25) is 0 Å². The van der Waals surface area contributed by atoms with E-state index < -0.39 is 0 Å². The van der Waals surface area contributed by atoms with Gasteiger partial charge in [0.05, 0.1) is 22.5 Å². The highest BCUT2D eigenvalue weighted by molar-refractivity contribution is 7.99. The SMILES string of the molecule is CSc1ccccc1NC(=O)CSc1nc2sc3c(c2c(=O)n1-c1cc(C)cc(C)c1)CCCC3. The molecule has 0 saturated carbocycles. The summed E-state index contributed by atoms with van der Waals surface area (Å²) in [5.74, 6) is 0.0413. The van der Waals surface area contributed by atoms with Crippen LogP contribution in [-0.2, 0) is 17.6 Å². The van der Waals surface area contributed by atoms with Gasteiger partial charge in [-0.1, -0.05) is 30.0 Å². The molecule has 1 aliphatic carbocycles. The molecule has 4 aromatic rings. The molecular formula is C27H27N3O2S3. The Labute approximate surface area is 217 Å². The molecule has 5 nitrogen and oxygen atoms in total. The molecule has 0 radical (unpaired) electrons. The lowest BCUT2D eigenvalue weighted by atomic mass is 9.97. The summed E-state index contributed by atoms with van der Waals surface area (Å²) in [7, 11) is 0. The van der Waals surface area contributed by atoms with Crippen LogP contribution < -0.4 is 10.9 Å². The summed E-state index contributed by atoms with van der Waals surface area (Å²) in [6.07, 6.45) is 6.20. The normalized spacial score (nSPS) is 13.1. The van der Waals surface area contributed by atoms with Gasteiger partial charge in [-0.2, -0.15) is 0 Å². The molecule has 0 saturated heterocycles. The van der Waals surface area contributed by atoms with E-state index in [9.17, 15) is 9.59 Å². The van der Waals surface area contributed by atoms with Gasteiger partial charge < -0.3 is 5.32 Å². The summed E-state index contributed by atoms with van der Waals surface area (Å²) < 4.78 is 1.71. The first-order valence-corrected chi connectivity index (χ1v) is 14.7. The number of rotatable bonds is 6. The van der Waals surface area contributed by atoms with E-state index in [4.69, 9.17) is 4.98 Å². The predicted octanol–water partition coefficient (Wildman–Crippen LogP) is 6.40. The topological polar surface area (TPSA) is 64.0 Å². The van der Waals surface area contributed by atoms with Gasteiger partial charge in [0.15, 0.2) is 5.16 Å². The Kier molecular flexibility index (Phi) is 7.05. The number of amides is 1. The zero-order valence-electron chi connectivity index (χ0n) is 20.0. The number of hydrogen-bond donors (Lipinski definition) is 1. The lowest BCUT2D eigenvalue weighted by Gasteiger charge is -2.15. The molecule has 0 spiro atoms. The molecule has 1 amide bonds. The van der Waals surface area contributed by atoms with Gasteiger partial charge in [-0.15, -0.1) is 23.1 Å². The number of benzene rings is 2. The van der Waals surface area contributed by atoms with Crippen LogP contribution in [0.1, 0.15) is 34.4 Å². The number of fused-ring (bicyclic) bond motifs is 3. The van der Waals surface area contributed by atoms with Crippen molar-refractivity contribution in [3.05, 3.63) is 74.4 Å². The van der Waals surface area contributed by atoms with Gasteiger partial charge in [0.1, 0.15) is 4.83 Å². The second-order valence-electron chi connectivity index (χ2n) is 8.81. The minimum Gasteiger partial charge on any atom is -0.324 e. The zero-order chi connectivity index (χ0) is 24.5. The number of nitrogens with zero attached hydrogens (tertiary/aromatic N) is 2. The number of thioether (sulfide) groups is 2. The number of thiophene rings is 1. The molecule has 2 heterocycles. The first kappa shape index (κ1) is 24.2. The van der Waals surface area contributed by atoms with Crippen LogP contribution in [0.15, 0.2) is 57.3 Å². The van der Waals surface area contributed by atoms with Gasteiger partial charge in [0.2, 0.25) is 5.91 Å². The van der Waals surface area contributed by atoms with Gasteiger partial charge in [-0.05, 0) is 86.7 Å². The van der Waals surface area contributed by atoms with Crippen LogP contribution in [0.3, 0.4) is 0 Å². The van der Waals surface area contributed by atoms with Crippen molar-refractivity contribution in [2.75, 3.05) is 17.3 Å². The summed E-state index contributed by atoms with van der Waals surface area (Å²) in [5, 5.41) is 4.32. The first-order valence-electron chi connectivity index (χ1n) is 11.7. The summed E-state index contributed by atoms with van der Waals surface area (Å²) in [4.78, 5) is 34.8. The van der Waals surface area contributed by atoms with Crippen LogP contribution in [0.25, 0.3) is 15.9 Å². The fourth-order valence-electron chi connectivity index (χ4n) is 4.65. The molecule has 35 heavy (non-hydrogen) atoms. The van der Waals surface area contributed by atoms with Gasteiger partial charge in [-0.25, -0.2) is 4.98 Å². The van der Waals surface area contributed by atoms with Gasteiger partial charge in [0, 0.05) is 9.77 Å². The predicted molar refractivity (Wildman–Crippen MR) is 149 cm³/mol. The molecule has 5 rings (SSSR count). The monoisotopic (exact) mass is 521 g/mol. The standard InChI is InChI=1S/C27H27N3O2S3/c1-16-12-17(2)14-18(13-16)30-26(32)24-19-8-4-6-10-21(19)35-25(24)29-27(30)34-15-23(31)28-20-9-5-7-11-22(20)33-3/h5,7,9,11-14H,4,6,8,10,15H2,1-3H3,(H,28,31). The summed E-state index contributed by atoms with van der Waals surface area (Å²) in [5.41, 5.74) is 4.91. The van der Waals surface area contributed by atoms with Crippen molar-refractivity contribution in [2.24, 2.45) is 0 Å². The van der Waals surface area contributed by atoms with E-state index in [1.807, 2.05) is 56.5 Å². The maximum atomic E-state index is 13.9. The highest BCUT2D eigenvalue weighted by Crippen LogP contribution is 2.35. The second-order valence-corrected chi connectivity index (χ2v) is 11.7. The lowest BCUT2D eigenvalue weighted by Crippen LogP contribution is -2.23. The summed E-state index contributed by atoms with van der Waals surface area (Å²) in [6, 6.07) is 13.9. The molecule has 2 aromatic heterocycles. The van der Waals surface area contributed by atoms with Crippen LogP contribution >= 0.6 is 34.9 Å². The molecule has 0 atom stereocenters. The second kappa shape index (κ2) is 10.2. The van der Waals surface area contributed by atoms with E-state index in [1.54, 1.807) is 27.7 Å². The third-order valence-electron chi connectivity index (χ3n) is 6.14. The van der Waals surface area contributed by atoms with Gasteiger partial charge in [0.25, 0.3) is 5.56 Å². The molecule has 0 aliphatic heterocycles. The van der Waals surface area contributed by atoms with Crippen molar-refractivity contribution >= 4 is 56.7 Å². The van der Waals surface area contributed by atoms with Crippen molar-refractivity contribution in [3.8, 4) is 5.69 Å². The van der Waals surface area contributed by atoms with Gasteiger partial charge >= 0.3 is 0 Å². The number of hydrogen-bond acceptors (Lipinski definition) is 6. The Morgan fingerprint density at radius 1 is 1.11 bits per heavy atom. The minimum absolute atomic E-state index is 0.0324. The minimum atomic E-state index is -0.122. The quantitative estimate of drug-likeness (QED) is 0.235. The molecule has 0 fully saturated rings. The molecular weight excluding hydrogens is 495 g/mol. The third-order valence-corrected chi connectivity index (χ3v) is 9.06. The number of aryl methyl sites for hydroxylation is 4. The number of aromatic nitrogens is 2. The molecule has 0 bridgehead atoms. The van der Waals surface area contributed by atoms with E-state index in [0.717, 1.165) is 63.3 Å². The van der Waals surface area contributed by atoms with Crippen LogP contribution in [0, 0.1) is 13.8 Å². The molecule has 0 unspecified atom stereocenters. The van der Waals surface area contributed by atoms with Crippen LogP contribution in [-0.4, -0.2) is 27.5 Å². The maximum Gasteiger partial charge on any atom is 0.267 e. The van der Waals surface area contributed by atoms with Crippen molar-refractivity contribution < 1.29 is 4.79 Å². The zero-order valence-corrected chi connectivity index (χ0v) is 22.5. The number of carbonyl (C=O) groups is 1. The van der Waals surface area contributed by atoms with Crippen LogP contribution in [0.5, 0.6) is 0 Å². The molecule has 8 heteroatoms. The van der Waals surface area contributed by atoms with Gasteiger partial charge in [-0.3, -0.25) is 14.2 Å². The first-order chi connectivity index (χ1) is 16.9. The Hall–Kier alpha value is -2.55. The van der Waals surface area contributed by atoms with E-state index in [0.29, 0.717) is 5.16 Å². The van der Waals surface area contributed by atoms with Crippen molar-refractivity contribution in [1.82, 2.24) is 9.55 Å². The van der Waals surface area contributed by atoms with E-state index >= 15 is 0 Å². The number of para-hydroxylation sites is 1. The largest absolute Gasteiger partial charge is 0.324 e. The summed E-state index contributed by atoms with van der Waals surface area (Å²) >= 11 is 4.54. The van der Waals surface area contributed by atoms with Crippen LogP contribution in [0.4, 0.5) is 5.69 Å². The van der Waals surface area contributed by atoms with E-state index in [-0.39, 0.29) is 17.2 Å². The molecule has 180 valence electrons. The average molecular weight is 522 g/mol. The lowest BCUT2D eigenvalue weighted by molar-refractivity contribution is -0.113. The summed E-state index contributed by atoms with van der Waals surface area (Å²) in [6.45, 7) is 4.06. The molecule has 1 aliphatic rings. The van der Waals surface area contributed by atoms with Crippen molar-refractivity contribution in [2.45, 2.75) is 49.6 Å². The average Bonchev–Trinajstić information content (AvgIpc) is 3.21. The highest BCUT2D eigenvalue weighted by Gasteiger charge is 2.23.